The van der Waals surface area contributed by atoms with Crippen LogP contribution in [0.15, 0.2) is 24.3 Å². The van der Waals surface area contributed by atoms with Gasteiger partial charge in [-0.05, 0) is 25.3 Å². The number of hydrogen-bond donors (Lipinski definition) is 0. The molecule has 32 heavy (non-hydrogen) atoms. The molecule has 0 aromatic heterocycles. The maximum absolute atomic E-state index is 11.8. The number of hydrogen-bond acceptors (Lipinski definition) is 6. The molecule has 0 aliphatic heterocycles. The van der Waals surface area contributed by atoms with Crippen LogP contribution >= 0.6 is 0 Å². The molecule has 7 nitrogen and oxygen atoms in total. The van der Waals surface area contributed by atoms with E-state index in [4.69, 9.17) is 9.47 Å². The van der Waals surface area contributed by atoms with E-state index >= 15 is 0 Å². The fourth-order valence-corrected chi connectivity index (χ4v) is 3.41. The van der Waals surface area contributed by atoms with Gasteiger partial charge in [0.05, 0.1) is 17.6 Å². The average molecular weight is 450 g/mol. The summed E-state index contributed by atoms with van der Waals surface area (Å²) in [6.45, 7) is 2.75. The molecule has 7 heteroatoms. The number of esters is 2. The van der Waals surface area contributed by atoms with E-state index in [1.807, 2.05) is 0 Å². The molecule has 0 bridgehead atoms. The van der Waals surface area contributed by atoms with E-state index in [1.165, 1.54) is 56.4 Å². The Morgan fingerprint density at radius 3 is 2.00 bits per heavy atom. The molecular weight excluding hydrogens is 410 g/mol. The second kappa shape index (κ2) is 18.2. The van der Waals surface area contributed by atoms with Crippen molar-refractivity contribution in [1.82, 2.24) is 0 Å². The maximum atomic E-state index is 11.8. The third-order valence-corrected chi connectivity index (χ3v) is 5.28. The van der Waals surface area contributed by atoms with Crippen molar-refractivity contribution in [3.63, 3.8) is 0 Å². The van der Waals surface area contributed by atoms with Gasteiger partial charge >= 0.3 is 11.9 Å². The van der Waals surface area contributed by atoms with Crippen LogP contribution in [-0.2, 0) is 14.3 Å². The number of nitro groups is 1. The molecule has 0 radical (unpaired) electrons. The molecule has 0 aliphatic carbocycles. The summed E-state index contributed by atoms with van der Waals surface area (Å²) >= 11 is 0. The highest BCUT2D eigenvalue weighted by molar-refractivity contribution is 5.72. The summed E-state index contributed by atoms with van der Waals surface area (Å²) in [5.41, 5.74) is -0.100. The Morgan fingerprint density at radius 1 is 0.812 bits per heavy atom. The zero-order valence-corrected chi connectivity index (χ0v) is 19.5. The molecule has 0 N–H and O–H groups in total. The number of non-ortho nitro benzene ring substituents is 1. The van der Waals surface area contributed by atoms with Gasteiger partial charge in [0.15, 0.2) is 0 Å². The standard InChI is InChI=1S/C25H39NO6/c1-2-3-4-5-8-11-14-20-31-24(27)18-12-9-6-7-10-13-19-25(28)32-23-17-15-16-22(21-23)26(29)30/h15-17,21H,2-14,18-20H2,1H3. The van der Waals surface area contributed by atoms with Crippen molar-refractivity contribution in [2.75, 3.05) is 6.61 Å². The Labute approximate surface area is 192 Å². The van der Waals surface area contributed by atoms with Crippen LogP contribution in [-0.4, -0.2) is 23.5 Å². The summed E-state index contributed by atoms with van der Waals surface area (Å²) < 4.78 is 10.4. The zero-order valence-electron chi connectivity index (χ0n) is 19.5. The minimum atomic E-state index is -0.520. The van der Waals surface area contributed by atoms with Crippen molar-refractivity contribution in [3.05, 3.63) is 34.4 Å². The van der Waals surface area contributed by atoms with Crippen molar-refractivity contribution in [2.24, 2.45) is 0 Å². The number of nitro benzene ring substituents is 1. The molecule has 0 atom stereocenters. The van der Waals surface area contributed by atoms with Crippen LogP contribution in [0.5, 0.6) is 5.75 Å². The molecule has 0 saturated carbocycles. The first kappa shape index (κ1) is 27.6. The van der Waals surface area contributed by atoms with Crippen molar-refractivity contribution in [3.8, 4) is 5.75 Å². The van der Waals surface area contributed by atoms with Gasteiger partial charge in [-0.2, -0.15) is 0 Å². The van der Waals surface area contributed by atoms with Crippen molar-refractivity contribution in [2.45, 2.75) is 103 Å². The largest absolute Gasteiger partial charge is 0.466 e. The lowest BCUT2D eigenvalue weighted by molar-refractivity contribution is -0.384. The Morgan fingerprint density at radius 2 is 1.38 bits per heavy atom. The molecule has 0 fully saturated rings. The minimum absolute atomic E-state index is 0.0973. The van der Waals surface area contributed by atoms with Crippen LogP contribution in [0.25, 0.3) is 0 Å². The van der Waals surface area contributed by atoms with Crippen LogP contribution < -0.4 is 4.74 Å². The number of ether oxygens (including phenoxy) is 2. The molecule has 0 spiro atoms. The maximum Gasteiger partial charge on any atom is 0.311 e. The lowest BCUT2D eigenvalue weighted by atomic mass is 10.1. The zero-order chi connectivity index (χ0) is 23.4. The molecule has 1 aromatic carbocycles. The molecule has 0 saturated heterocycles. The molecule has 0 heterocycles. The van der Waals surface area contributed by atoms with E-state index in [0.29, 0.717) is 19.4 Å². The summed E-state index contributed by atoms with van der Waals surface area (Å²) in [5, 5.41) is 10.7. The highest BCUT2D eigenvalue weighted by atomic mass is 16.6. The second-order valence-corrected chi connectivity index (χ2v) is 8.19. The predicted octanol–water partition coefficient (Wildman–Crippen LogP) is 6.91. The normalized spacial score (nSPS) is 10.7. The van der Waals surface area contributed by atoms with Crippen LogP contribution in [0.2, 0.25) is 0 Å². The third kappa shape index (κ3) is 14.5. The third-order valence-electron chi connectivity index (χ3n) is 5.28. The first-order valence-corrected chi connectivity index (χ1v) is 12.1. The minimum Gasteiger partial charge on any atom is -0.466 e. The molecule has 1 aromatic rings. The van der Waals surface area contributed by atoms with E-state index in [9.17, 15) is 19.7 Å². The van der Waals surface area contributed by atoms with Crippen molar-refractivity contribution < 1.29 is 24.0 Å². The molecule has 180 valence electrons. The second-order valence-electron chi connectivity index (χ2n) is 8.19. The summed E-state index contributed by atoms with van der Waals surface area (Å²) in [6, 6.07) is 5.63. The number of carbonyl (C=O) groups excluding carboxylic acids is 2. The van der Waals surface area contributed by atoms with Crippen LogP contribution in [0.4, 0.5) is 5.69 Å². The number of nitrogens with zero attached hydrogens (tertiary/aromatic N) is 1. The van der Waals surface area contributed by atoms with Gasteiger partial charge in [-0.15, -0.1) is 0 Å². The van der Waals surface area contributed by atoms with Gasteiger partial charge in [0.2, 0.25) is 0 Å². The van der Waals surface area contributed by atoms with Gasteiger partial charge in [0, 0.05) is 18.9 Å². The Balaban J connectivity index is 1.93. The van der Waals surface area contributed by atoms with E-state index in [2.05, 4.69) is 6.92 Å². The summed E-state index contributed by atoms with van der Waals surface area (Å²) in [4.78, 5) is 33.8. The Kier molecular flexibility index (Phi) is 15.7. The highest BCUT2D eigenvalue weighted by Crippen LogP contribution is 2.20. The number of carbonyl (C=O) groups is 2. The fraction of sp³-hybridized carbons (Fsp3) is 0.680. The first-order chi connectivity index (χ1) is 15.5. The smallest absolute Gasteiger partial charge is 0.311 e. The highest BCUT2D eigenvalue weighted by Gasteiger charge is 2.10. The molecular formula is C25H39NO6. The van der Waals surface area contributed by atoms with Gasteiger partial charge in [-0.1, -0.05) is 77.2 Å². The van der Waals surface area contributed by atoms with E-state index in [1.54, 1.807) is 0 Å². The number of benzene rings is 1. The van der Waals surface area contributed by atoms with Crippen LogP contribution in [0.3, 0.4) is 0 Å². The van der Waals surface area contributed by atoms with Gasteiger partial charge in [0.1, 0.15) is 5.75 Å². The predicted molar refractivity (Wildman–Crippen MR) is 125 cm³/mol. The quantitative estimate of drug-likeness (QED) is 0.0748. The van der Waals surface area contributed by atoms with Crippen LogP contribution in [0.1, 0.15) is 103 Å². The molecule has 0 aliphatic rings. The lowest BCUT2D eigenvalue weighted by Crippen LogP contribution is -2.07. The van der Waals surface area contributed by atoms with E-state index in [0.717, 1.165) is 44.9 Å². The molecule has 1 rings (SSSR count). The Hall–Kier alpha value is -2.44. The van der Waals surface area contributed by atoms with Gasteiger partial charge in [-0.3, -0.25) is 19.7 Å². The summed E-state index contributed by atoms with van der Waals surface area (Å²) in [7, 11) is 0. The monoisotopic (exact) mass is 449 g/mol. The fourth-order valence-electron chi connectivity index (χ4n) is 3.41. The van der Waals surface area contributed by atoms with Crippen molar-refractivity contribution >= 4 is 17.6 Å². The first-order valence-electron chi connectivity index (χ1n) is 12.1. The molecule has 0 amide bonds. The number of unbranched alkanes of at least 4 members (excludes halogenated alkanes) is 11. The van der Waals surface area contributed by atoms with Gasteiger partial charge in [-0.25, -0.2) is 0 Å². The number of rotatable bonds is 19. The van der Waals surface area contributed by atoms with Crippen molar-refractivity contribution in [1.29, 1.82) is 0 Å². The average Bonchev–Trinajstić information content (AvgIpc) is 2.77. The van der Waals surface area contributed by atoms with Crippen LogP contribution in [0, 0.1) is 10.1 Å². The summed E-state index contributed by atoms with van der Waals surface area (Å²) in [6.07, 6.45) is 14.7. The van der Waals surface area contributed by atoms with E-state index < -0.39 is 4.92 Å². The molecule has 0 unspecified atom stereocenters. The van der Waals surface area contributed by atoms with E-state index in [-0.39, 0.29) is 29.8 Å². The van der Waals surface area contributed by atoms with Gasteiger partial charge < -0.3 is 9.47 Å². The SMILES string of the molecule is CCCCCCCCCOC(=O)CCCCCCCCC(=O)Oc1cccc([N+](=O)[O-])c1. The summed E-state index contributed by atoms with van der Waals surface area (Å²) in [5.74, 6) is -0.280. The lowest BCUT2D eigenvalue weighted by Gasteiger charge is -2.06. The Bertz CT molecular complexity index is 676. The topological polar surface area (TPSA) is 95.7 Å². The van der Waals surface area contributed by atoms with Gasteiger partial charge in [0.25, 0.3) is 5.69 Å².